The minimum Gasteiger partial charge on any atom is -0.497 e. The minimum absolute atomic E-state index is 0.0731. The van der Waals surface area contributed by atoms with Crippen molar-refractivity contribution >= 4 is 0 Å². The molecule has 0 unspecified atom stereocenters. The van der Waals surface area contributed by atoms with E-state index in [0.717, 1.165) is 29.9 Å². The molecule has 1 aliphatic carbocycles. The monoisotopic (exact) mass is 251 g/mol. The normalized spacial score (nSPS) is 17.1. The summed E-state index contributed by atoms with van der Waals surface area (Å²) in [6.45, 7) is 0.919. The molecule has 1 fully saturated rings. The van der Waals surface area contributed by atoms with E-state index in [-0.39, 0.29) is 12.1 Å². The summed E-state index contributed by atoms with van der Waals surface area (Å²) in [6.07, 6.45) is 3.28. The first-order chi connectivity index (χ1) is 8.71. The van der Waals surface area contributed by atoms with Gasteiger partial charge in [0.1, 0.15) is 11.5 Å². The smallest absolute Gasteiger partial charge is 0.122 e. The summed E-state index contributed by atoms with van der Waals surface area (Å²) >= 11 is 0. The summed E-state index contributed by atoms with van der Waals surface area (Å²) in [5.74, 6) is 1.58. The summed E-state index contributed by atoms with van der Waals surface area (Å²) in [6, 6.07) is 5.83. The third-order valence-corrected chi connectivity index (χ3v) is 3.69. The van der Waals surface area contributed by atoms with Crippen LogP contribution < -0.4 is 14.8 Å². The molecule has 1 aliphatic rings. The first-order valence-corrected chi connectivity index (χ1v) is 6.29. The molecule has 0 radical (unpaired) electrons. The van der Waals surface area contributed by atoms with E-state index in [9.17, 15) is 5.11 Å². The van der Waals surface area contributed by atoms with Crippen molar-refractivity contribution in [2.24, 2.45) is 0 Å². The third-order valence-electron chi connectivity index (χ3n) is 3.69. The second-order valence-electron chi connectivity index (χ2n) is 4.87. The molecule has 1 aromatic carbocycles. The Hall–Kier alpha value is -1.26. The van der Waals surface area contributed by atoms with Crippen LogP contribution in [0.5, 0.6) is 11.5 Å². The molecule has 0 saturated heterocycles. The number of ether oxygens (including phenoxy) is 2. The molecule has 0 bridgehead atoms. The second kappa shape index (κ2) is 5.59. The fourth-order valence-electron chi connectivity index (χ4n) is 2.25. The highest BCUT2D eigenvalue weighted by molar-refractivity contribution is 5.38. The Morgan fingerprint density at radius 3 is 2.17 bits per heavy atom. The predicted octanol–water partition coefficient (Wildman–Crippen LogP) is 1.71. The number of benzene rings is 1. The van der Waals surface area contributed by atoms with Gasteiger partial charge in [-0.2, -0.15) is 0 Å². The summed E-state index contributed by atoms with van der Waals surface area (Å²) in [5.41, 5.74) is 1.03. The molecule has 0 heterocycles. The number of hydrogen-bond donors (Lipinski definition) is 2. The van der Waals surface area contributed by atoms with E-state index in [2.05, 4.69) is 5.32 Å². The van der Waals surface area contributed by atoms with Crippen LogP contribution in [0.15, 0.2) is 18.2 Å². The number of aliphatic hydroxyl groups excluding tert-OH is 1. The Labute approximate surface area is 108 Å². The zero-order valence-electron chi connectivity index (χ0n) is 11.0. The fourth-order valence-corrected chi connectivity index (χ4v) is 2.25. The van der Waals surface area contributed by atoms with Crippen molar-refractivity contribution in [2.75, 3.05) is 20.8 Å². The minimum atomic E-state index is -0.0731. The zero-order chi connectivity index (χ0) is 13.0. The SMILES string of the molecule is COc1cc(CNC2(CO)CCC2)cc(OC)c1. The zero-order valence-corrected chi connectivity index (χ0v) is 11.0. The molecule has 2 N–H and O–H groups in total. The predicted molar refractivity (Wildman–Crippen MR) is 70.1 cm³/mol. The standard InChI is InChI=1S/C14H21NO3/c1-17-12-6-11(7-13(8-12)18-2)9-15-14(10-16)4-3-5-14/h6-8,15-16H,3-5,9-10H2,1-2H3. The van der Waals surface area contributed by atoms with Crippen molar-refractivity contribution in [3.8, 4) is 11.5 Å². The topological polar surface area (TPSA) is 50.7 Å². The molecule has 18 heavy (non-hydrogen) atoms. The average molecular weight is 251 g/mol. The number of nitrogens with one attached hydrogen (secondary N) is 1. The highest BCUT2D eigenvalue weighted by Crippen LogP contribution is 2.32. The molecule has 4 heteroatoms. The van der Waals surface area contributed by atoms with Gasteiger partial charge < -0.3 is 19.9 Å². The first kappa shape index (κ1) is 13.2. The van der Waals surface area contributed by atoms with Gasteiger partial charge in [-0.05, 0) is 37.0 Å². The number of methoxy groups -OCH3 is 2. The molecular formula is C14H21NO3. The lowest BCUT2D eigenvalue weighted by Crippen LogP contribution is -2.53. The van der Waals surface area contributed by atoms with Crippen molar-refractivity contribution in [1.29, 1.82) is 0 Å². The van der Waals surface area contributed by atoms with Crippen molar-refractivity contribution in [3.63, 3.8) is 0 Å². The van der Waals surface area contributed by atoms with Gasteiger partial charge in [0.05, 0.1) is 20.8 Å². The summed E-state index contributed by atoms with van der Waals surface area (Å²) in [7, 11) is 3.29. The molecule has 0 amide bonds. The van der Waals surface area contributed by atoms with Crippen molar-refractivity contribution in [3.05, 3.63) is 23.8 Å². The fraction of sp³-hybridized carbons (Fsp3) is 0.571. The molecule has 1 aromatic rings. The maximum Gasteiger partial charge on any atom is 0.122 e. The van der Waals surface area contributed by atoms with Gasteiger partial charge in [-0.1, -0.05) is 0 Å². The largest absolute Gasteiger partial charge is 0.497 e. The molecule has 100 valence electrons. The van der Waals surface area contributed by atoms with Gasteiger partial charge in [0.25, 0.3) is 0 Å². The van der Waals surface area contributed by atoms with E-state index < -0.39 is 0 Å². The van der Waals surface area contributed by atoms with Crippen LogP contribution in [-0.2, 0) is 6.54 Å². The summed E-state index contributed by atoms with van der Waals surface area (Å²) in [5, 5.41) is 12.8. The Morgan fingerprint density at radius 2 is 1.78 bits per heavy atom. The average Bonchev–Trinajstić information content (AvgIpc) is 2.37. The lowest BCUT2D eigenvalue weighted by atomic mass is 9.77. The van der Waals surface area contributed by atoms with Crippen molar-refractivity contribution < 1.29 is 14.6 Å². The highest BCUT2D eigenvalue weighted by atomic mass is 16.5. The number of aliphatic hydroxyl groups is 1. The molecule has 2 rings (SSSR count). The molecule has 0 atom stereocenters. The Kier molecular flexibility index (Phi) is 4.09. The molecule has 1 saturated carbocycles. The van der Waals surface area contributed by atoms with Crippen LogP contribution in [0, 0.1) is 0 Å². The molecule has 4 nitrogen and oxygen atoms in total. The second-order valence-corrected chi connectivity index (χ2v) is 4.87. The number of hydrogen-bond acceptors (Lipinski definition) is 4. The quantitative estimate of drug-likeness (QED) is 0.808. The van der Waals surface area contributed by atoms with Gasteiger partial charge in [-0.3, -0.25) is 0 Å². The van der Waals surface area contributed by atoms with Crippen LogP contribution in [0.25, 0.3) is 0 Å². The van der Waals surface area contributed by atoms with Crippen LogP contribution in [0.3, 0.4) is 0 Å². The van der Waals surface area contributed by atoms with Crippen LogP contribution >= 0.6 is 0 Å². The van der Waals surface area contributed by atoms with Crippen LogP contribution in [-0.4, -0.2) is 31.5 Å². The van der Waals surface area contributed by atoms with E-state index in [1.165, 1.54) is 6.42 Å². The maximum atomic E-state index is 9.40. The Bertz CT molecular complexity index is 374. The van der Waals surface area contributed by atoms with Gasteiger partial charge in [0, 0.05) is 18.2 Å². The van der Waals surface area contributed by atoms with Gasteiger partial charge in [-0.25, -0.2) is 0 Å². The van der Waals surface area contributed by atoms with E-state index in [0.29, 0.717) is 6.54 Å². The van der Waals surface area contributed by atoms with Crippen molar-refractivity contribution in [2.45, 2.75) is 31.3 Å². The summed E-state index contributed by atoms with van der Waals surface area (Å²) in [4.78, 5) is 0. The Balaban J connectivity index is 2.04. The van der Waals surface area contributed by atoms with E-state index in [1.807, 2.05) is 18.2 Å². The molecule has 0 aromatic heterocycles. The van der Waals surface area contributed by atoms with Crippen molar-refractivity contribution in [1.82, 2.24) is 5.32 Å². The molecule has 0 aliphatic heterocycles. The maximum absolute atomic E-state index is 9.40. The van der Waals surface area contributed by atoms with E-state index >= 15 is 0 Å². The Morgan fingerprint density at radius 1 is 1.17 bits per heavy atom. The van der Waals surface area contributed by atoms with Crippen LogP contribution in [0.2, 0.25) is 0 Å². The van der Waals surface area contributed by atoms with Gasteiger partial charge in [-0.15, -0.1) is 0 Å². The van der Waals surface area contributed by atoms with Gasteiger partial charge >= 0.3 is 0 Å². The van der Waals surface area contributed by atoms with Gasteiger partial charge in [0.15, 0.2) is 0 Å². The lowest BCUT2D eigenvalue weighted by molar-refractivity contribution is 0.0872. The van der Waals surface area contributed by atoms with Crippen LogP contribution in [0.4, 0.5) is 0 Å². The lowest BCUT2D eigenvalue weighted by Gasteiger charge is -2.41. The highest BCUT2D eigenvalue weighted by Gasteiger charge is 2.35. The molecular weight excluding hydrogens is 230 g/mol. The van der Waals surface area contributed by atoms with E-state index in [4.69, 9.17) is 9.47 Å². The first-order valence-electron chi connectivity index (χ1n) is 6.29. The van der Waals surface area contributed by atoms with E-state index in [1.54, 1.807) is 14.2 Å². The number of rotatable bonds is 6. The van der Waals surface area contributed by atoms with Gasteiger partial charge in [0.2, 0.25) is 0 Å². The third kappa shape index (κ3) is 2.76. The van der Waals surface area contributed by atoms with Crippen LogP contribution in [0.1, 0.15) is 24.8 Å². The summed E-state index contributed by atoms with van der Waals surface area (Å²) < 4.78 is 10.5. The molecule has 0 spiro atoms.